The van der Waals surface area contributed by atoms with Gasteiger partial charge in [0.25, 0.3) is 0 Å². The summed E-state index contributed by atoms with van der Waals surface area (Å²) in [6.07, 6.45) is 0.983. The molecule has 1 N–H and O–H groups in total. The first-order chi connectivity index (χ1) is 9.04. The number of ether oxygens (including phenoxy) is 2. The van der Waals surface area contributed by atoms with Crippen molar-refractivity contribution in [2.75, 3.05) is 26.9 Å². The third-order valence-corrected chi connectivity index (χ3v) is 3.73. The summed E-state index contributed by atoms with van der Waals surface area (Å²) in [5, 5.41) is 3.56. The molecule has 1 aliphatic heterocycles. The number of nitrogens with one attached hydrogen (secondary N) is 1. The first-order valence-corrected chi connectivity index (χ1v) is 7.04. The molecule has 0 aliphatic carbocycles. The Morgan fingerprint density at radius 2 is 2.21 bits per heavy atom. The first-order valence-electron chi connectivity index (χ1n) is 7.04. The molecule has 0 bridgehead atoms. The standard InChI is InChI=1S/C16H25NO2/c1-12(2)14-9-13(5-6-15(14)18-4)10-16(3)11-19-8-7-17-16/h5-6,9,12,17H,7-8,10-11H2,1-4H3. The van der Waals surface area contributed by atoms with E-state index in [2.05, 4.69) is 44.3 Å². The van der Waals surface area contributed by atoms with Crippen LogP contribution in [0.2, 0.25) is 0 Å². The normalized spacial score (nSPS) is 23.6. The van der Waals surface area contributed by atoms with Gasteiger partial charge in [-0.05, 0) is 36.5 Å². The largest absolute Gasteiger partial charge is 0.496 e. The van der Waals surface area contributed by atoms with Crippen LogP contribution < -0.4 is 10.1 Å². The number of morpholine rings is 1. The van der Waals surface area contributed by atoms with Crippen molar-refractivity contribution in [1.29, 1.82) is 0 Å². The zero-order chi connectivity index (χ0) is 13.9. The number of benzene rings is 1. The van der Waals surface area contributed by atoms with E-state index in [4.69, 9.17) is 9.47 Å². The Bertz CT molecular complexity index is 423. The summed E-state index contributed by atoms with van der Waals surface area (Å²) in [6, 6.07) is 6.51. The molecular weight excluding hydrogens is 238 g/mol. The van der Waals surface area contributed by atoms with Gasteiger partial charge in [-0.25, -0.2) is 0 Å². The second kappa shape index (κ2) is 5.93. The maximum absolute atomic E-state index is 5.59. The van der Waals surface area contributed by atoms with Crippen LogP contribution in [0.1, 0.15) is 37.8 Å². The fraction of sp³-hybridized carbons (Fsp3) is 0.625. The predicted octanol–water partition coefficient (Wildman–Crippen LogP) is 2.74. The monoisotopic (exact) mass is 263 g/mol. The average molecular weight is 263 g/mol. The third kappa shape index (κ3) is 3.48. The van der Waals surface area contributed by atoms with Crippen LogP contribution in [0, 0.1) is 0 Å². The molecule has 106 valence electrons. The molecule has 2 rings (SSSR count). The molecule has 1 saturated heterocycles. The van der Waals surface area contributed by atoms with Crippen LogP contribution in [0.25, 0.3) is 0 Å². The summed E-state index contributed by atoms with van der Waals surface area (Å²) in [7, 11) is 1.73. The molecule has 3 nitrogen and oxygen atoms in total. The molecule has 0 saturated carbocycles. The molecule has 3 heteroatoms. The van der Waals surface area contributed by atoms with Gasteiger partial charge >= 0.3 is 0 Å². The highest BCUT2D eigenvalue weighted by molar-refractivity contribution is 5.39. The highest BCUT2D eigenvalue weighted by Gasteiger charge is 2.27. The van der Waals surface area contributed by atoms with Crippen LogP contribution in [0.15, 0.2) is 18.2 Å². The van der Waals surface area contributed by atoms with E-state index in [0.717, 1.165) is 31.9 Å². The molecule has 19 heavy (non-hydrogen) atoms. The highest BCUT2D eigenvalue weighted by atomic mass is 16.5. The van der Waals surface area contributed by atoms with Crippen molar-refractivity contribution in [2.45, 2.75) is 38.6 Å². The highest BCUT2D eigenvalue weighted by Crippen LogP contribution is 2.28. The van der Waals surface area contributed by atoms with Gasteiger partial charge in [0.15, 0.2) is 0 Å². The zero-order valence-electron chi connectivity index (χ0n) is 12.5. The average Bonchev–Trinajstić information content (AvgIpc) is 2.39. The summed E-state index contributed by atoms with van der Waals surface area (Å²) >= 11 is 0. The van der Waals surface area contributed by atoms with Crippen LogP contribution in [0.3, 0.4) is 0 Å². The topological polar surface area (TPSA) is 30.5 Å². The lowest BCUT2D eigenvalue weighted by molar-refractivity contribution is 0.0356. The minimum atomic E-state index is 0.0427. The number of methoxy groups -OCH3 is 1. The Morgan fingerprint density at radius 3 is 2.79 bits per heavy atom. The second-order valence-electron chi connectivity index (χ2n) is 5.95. The van der Waals surface area contributed by atoms with Crippen LogP contribution in [-0.4, -0.2) is 32.4 Å². The molecule has 1 aliphatic rings. The lowest BCUT2D eigenvalue weighted by atomic mass is 9.90. The van der Waals surface area contributed by atoms with E-state index in [9.17, 15) is 0 Å². The lowest BCUT2D eigenvalue weighted by Crippen LogP contribution is -2.53. The molecular formula is C16H25NO2. The first kappa shape index (κ1) is 14.4. The lowest BCUT2D eigenvalue weighted by Gasteiger charge is -2.35. The summed E-state index contributed by atoms with van der Waals surface area (Å²) < 4.78 is 11.0. The third-order valence-electron chi connectivity index (χ3n) is 3.73. The molecule has 0 radical (unpaired) electrons. The Morgan fingerprint density at radius 1 is 1.42 bits per heavy atom. The molecule has 1 aromatic carbocycles. The molecule has 0 spiro atoms. The van der Waals surface area contributed by atoms with Gasteiger partial charge in [0.2, 0.25) is 0 Å². The quantitative estimate of drug-likeness (QED) is 0.906. The fourth-order valence-corrected chi connectivity index (χ4v) is 2.68. The smallest absolute Gasteiger partial charge is 0.122 e. The summed E-state index contributed by atoms with van der Waals surface area (Å²) in [5.74, 6) is 1.45. The van der Waals surface area contributed by atoms with Crippen molar-refractivity contribution in [3.63, 3.8) is 0 Å². The van der Waals surface area contributed by atoms with Crippen molar-refractivity contribution in [2.24, 2.45) is 0 Å². The van der Waals surface area contributed by atoms with Crippen LogP contribution in [0.5, 0.6) is 5.75 Å². The summed E-state index contributed by atoms with van der Waals surface area (Å²) in [5.41, 5.74) is 2.66. The maximum Gasteiger partial charge on any atom is 0.122 e. The molecule has 1 fully saturated rings. The van der Waals surface area contributed by atoms with E-state index in [1.165, 1.54) is 11.1 Å². The second-order valence-corrected chi connectivity index (χ2v) is 5.95. The van der Waals surface area contributed by atoms with Gasteiger partial charge in [-0.3, -0.25) is 0 Å². The Hall–Kier alpha value is -1.06. The zero-order valence-corrected chi connectivity index (χ0v) is 12.5. The van der Waals surface area contributed by atoms with E-state index in [-0.39, 0.29) is 5.54 Å². The molecule has 1 atom stereocenters. The van der Waals surface area contributed by atoms with Gasteiger partial charge in [-0.15, -0.1) is 0 Å². The molecule has 0 amide bonds. The Balaban J connectivity index is 2.18. The fourth-order valence-electron chi connectivity index (χ4n) is 2.68. The van der Waals surface area contributed by atoms with E-state index in [1.54, 1.807) is 7.11 Å². The van der Waals surface area contributed by atoms with E-state index < -0.39 is 0 Å². The van der Waals surface area contributed by atoms with Crippen molar-refractivity contribution in [1.82, 2.24) is 5.32 Å². The van der Waals surface area contributed by atoms with E-state index in [0.29, 0.717) is 5.92 Å². The summed E-state index contributed by atoms with van der Waals surface area (Å²) in [4.78, 5) is 0. The minimum Gasteiger partial charge on any atom is -0.496 e. The van der Waals surface area contributed by atoms with Crippen molar-refractivity contribution >= 4 is 0 Å². The maximum atomic E-state index is 5.59. The van der Waals surface area contributed by atoms with Gasteiger partial charge in [0.1, 0.15) is 5.75 Å². The van der Waals surface area contributed by atoms with Gasteiger partial charge in [0.05, 0.1) is 20.3 Å². The van der Waals surface area contributed by atoms with Crippen LogP contribution in [-0.2, 0) is 11.2 Å². The van der Waals surface area contributed by atoms with Gasteiger partial charge in [0, 0.05) is 12.1 Å². The molecule has 1 heterocycles. The van der Waals surface area contributed by atoms with Crippen molar-refractivity contribution in [3.05, 3.63) is 29.3 Å². The minimum absolute atomic E-state index is 0.0427. The van der Waals surface area contributed by atoms with Crippen LogP contribution in [0.4, 0.5) is 0 Å². The number of hydrogen-bond acceptors (Lipinski definition) is 3. The van der Waals surface area contributed by atoms with E-state index in [1.807, 2.05) is 0 Å². The van der Waals surface area contributed by atoms with Crippen molar-refractivity contribution in [3.8, 4) is 5.75 Å². The summed E-state index contributed by atoms with van der Waals surface area (Å²) in [6.45, 7) is 9.15. The number of hydrogen-bond donors (Lipinski definition) is 1. The van der Waals surface area contributed by atoms with Crippen LogP contribution >= 0.6 is 0 Å². The SMILES string of the molecule is COc1ccc(CC2(C)COCCN2)cc1C(C)C. The Labute approximate surface area is 116 Å². The van der Waals surface area contributed by atoms with Crippen molar-refractivity contribution < 1.29 is 9.47 Å². The van der Waals surface area contributed by atoms with E-state index >= 15 is 0 Å². The van der Waals surface area contributed by atoms with Gasteiger partial charge in [-0.2, -0.15) is 0 Å². The Kier molecular flexibility index (Phi) is 4.48. The number of rotatable bonds is 4. The van der Waals surface area contributed by atoms with Gasteiger partial charge < -0.3 is 14.8 Å². The van der Waals surface area contributed by atoms with Gasteiger partial charge in [-0.1, -0.05) is 26.0 Å². The predicted molar refractivity (Wildman–Crippen MR) is 78.0 cm³/mol. The molecule has 0 aromatic heterocycles. The molecule has 1 aromatic rings. The molecule has 1 unspecified atom stereocenters.